The standard InChI is InChI=1S/C11H13N5O/c1-9-5-14-15-16(9)8-11(17)13-7-10-3-2-4-12-6-10/h2-6H,7-8H2,1H3,(H,13,17). The predicted molar refractivity (Wildman–Crippen MR) is 60.8 cm³/mol. The minimum atomic E-state index is -0.0950. The van der Waals surface area contributed by atoms with Crippen LogP contribution >= 0.6 is 0 Å². The number of nitrogens with zero attached hydrogens (tertiary/aromatic N) is 4. The van der Waals surface area contributed by atoms with Gasteiger partial charge >= 0.3 is 0 Å². The lowest BCUT2D eigenvalue weighted by atomic mass is 10.3. The van der Waals surface area contributed by atoms with Gasteiger partial charge in [-0.15, -0.1) is 5.10 Å². The molecule has 88 valence electrons. The zero-order valence-corrected chi connectivity index (χ0v) is 9.50. The van der Waals surface area contributed by atoms with Crippen LogP contribution in [0.25, 0.3) is 0 Å². The molecule has 0 saturated carbocycles. The minimum absolute atomic E-state index is 0.0950. The molecule has 0 aromatic carbocycles. The first-order valence-electron chi connectivity index (χ1n) is 5.26. The third-order valence-electron chi connectivity index (χ3n) is 2.32. The van der Waals surface area contributed by atoms with Crippen molar-refractivity contribution in [3.8, 4) is 0 Å². The van der Waals surface area contributed by atoms with Crippen molar-refractivity contribution in [1.82, 2.24) is 25.3 Å². The van der Waals surface area contributed by atoms with Crippen LogP contribution in [-0.2, 0) is 17.9 Å². The van der Waals surface area contributed by atoms with E-state index in [1.54, 1.807) is 23.3 Å². The Kier molecular flexibility index (Phi) is 3.44. The average Bonchev–Trinajstić information content (AvgIpc) is 2.74. The first kappa shape index (κ1) is 11.3. The van der Waals surface area contributed by atoms with E-state index in [2.05, 4.69) is 20.6 Å². The van der Waals surface area contributed by atoms with Gasteiger partial charge in [0, 0.05) is 18.9 Å². The van der Waals surface area contributed by atoms with Crippen molar-refractivity contribution in [2.45, 2.75) is 20.0 Å². The molecule has 0 bridgehead atoms. The highest BCUT2D eigenvalue weighted by Gasteiger charge is 2.05. The van der Waals surface area contributed by atoms with Crippen molar-refractivity contribution in [3.05, 3.63) is 42.0 Å². The van der Waals surface area contributed by atoms with E-state index in [0.717, 1.165) is 11.3 Å². The van der Waals surface area contributed by atoms with Gasteiger partial charge in [-0.3, -0.25) is 9.78 Å². The number of nitrogens with one attached hydrogen (secondary N) is 1. The third kappa shape index (κ3) is 3.10. The van der Waals surface area contributed by atoms with Crippen LogP contribution in [0, 0.1) is 6.92 Å². The Morgan fingerprint density at radius 1 is 1.47 bits per heavy atom. The van der Waals surface area contributed by atoms with Gasteiger partial charge in [0.15, 0.2) is 0 Å². The summed E-state index contributed by atoms with van der Waals surface area (Å²) in [4.78, 5) is 15.6. The fourth-order valence-corrected chi connectivity index (χ4v) is 1.36. The molecule has 6 nitrogen and oxygen atoms in total. The maximum Gasteiger partial charge on any atom is 0.242 e. The lowest BCUT2D eigenvalue weighted by molar-refractivity contribution is -0.122. The molecule has 2 aromatic heterocycles. The summed E-state index contributed by atoms with van der Waals surface area (Å²) >= 11 is 0. The number of pyridine rings is 1. The molecule has 0 radical (unpaired) electrons. The van der Waals surface area contributed by atoms with Gasteiger partial charge in [0.2, 0.25) is 5.91 Å². The van der Waals surface area contributed by atoms with E-state index in [1.165, 1.54) is 0 Å². The molecular formula is C11H13N5O. The topological polar surface area (TPSA) is 72.7 Å². The monoisotopic (exact) mass is 231 g/mol. The molecule has 0 atom stereocenters. The molecule has 0 spiro atoms. The summed E-state index contributed by atoms with van der Waals surface area (Å²) in [5.74, 6) is -0.0950. The second-order valence-electron chi connectivity index (χ2n) is 3.67. The molecule has 0 aliphatic heterocycles. The van der Waals surface area contributed by atoms with Crippen LogP contribution in [0.3, 0.4) is 0 Å². The van der Waals surface area contributed by atoms with E-state index in [0.29, 0.717) is 6.54 Å². The van der Waals surface area contributed by atoms with Crippen molar-refractivity contribution in [1.29, 1.82) is 0 Å². The van der Waals surface area contributed by atoms with Crippen molar-refractivity contribution >= 4 is 5.91 Å². The summed E-state index contributed by atoms with van der Waals surface area (Å²) in [5, 5.41) is 10.3. The Hall–Kier alpha value is -2.24. The first-order valence-corrected chi connectivity index (χ1v) is 5.26. The predicted octanol–water partition coefficient (Wildman–Crippen LogP) is 0.298. The molecule has 17 heavy (non-hydrogen) atoms. The quantitative estimate of drug-likeness (QED) is 0.821. The average molecular weight is 231 g/mol. The second-order valence-corrected chi connectivity index (χ2v) is 3.67. The second kappa shape index (κ2) is 5.20. The number of amides is 1. The Morgan fingerprint density at radius 2 is 2.35 bits per heavy atom. The molecule has 0 unspecified atom stereocenters. The van der Waals surface area contributed by atoms with Gasteiger partial charge in [-0.1, -0.05) is 11.3 Å². The van der Waals surface area contributed by atoms with E-state index in [-0.39, 0.29) is 12.5 Å². The fourth-order valence-electron chi connectivity index (χ4n) is 1.36. The Labute approximate surface area is 98.7 Å². The van der Waals surface area contributed by atoms with E-state index in [1.807, 2.05) is 19.1 Å². The van der Waals surface area contributed by atoms with Gasteiger partial charge in [0.1, 0.15) is 6.54 Å². The fraction of sp³-hybridized carbons (Fsp3) is 0.273. The van der Waals surface area contributed by atoms with Crippen LogP contribution in [0.4, 0.5) is 0 Å². The Bertz CT molecular complexity index is 494. The Morgan fingerprint density at radius 3 is 3.00 bits per heavy atom. The molecule has 0 aliphatic rings. The summed E-state index contributed by atoms with van der Waals surface area (Å²) in [6, 6.07) is 3.75. The zero-order valence-electron chi connectivity index (χ0n) is 9.50. The molecule has 1 N–H and O–H groups in total. The minimum Gasteiger partial charge on any atom is -0.350 e. The summed E-state index contributed by atoms with van der Waals surface area (Å²) in [6.07, 6.45) is 5.04. The maximum absolute atomic E-state index is 11.6. The molecule has 2 rings (SSSR count). The number of aryl methyl sites for hydroxylation is 1. The lowest BCUT2D eigenvalue weighted by Crippen LogP contribution is -2.28. The number of hydrogen-bond acceptors (Lipinski definition) is 4. The zero-order chi connectivity index (χ0) is 12.1. The molecule has 2 aromatic rings. The Balaban J connectivity index is 1.85. The summed E-state index contributed by atoms with van der Waals surface area (Å²) in [5.41, 5.74) is 1.83. The van der Waals surface area contributed by atoms with Crippen LogP contribution in [0.15, 0.2) is 30.7 Å². The highest BCUT2D eigenvalue weighted by atomic mass is 16.2. The SMILES string of the molecule is Cc1cnnn1CC(=O)NCc1cccnc1. The first-order chi connectivity index (χ1) is 8.25. The largest absolute Gasteiger partial charge is 0.350 e. The van der Waals surface area contributed by atoms with Gasteiger partial charge in [-0.2, -0.15) is 0 Å². The molecule has 2 heterocycles. The number of rotatable bonds is 4. The molecule has 0 aliphatic carbocycles. The van der Waals surface area contributed by atoms with Crippen LogP contribution in [0.2, 0.25) is 0 Å². The highest BCUT2D eigenvalue weighted by Crippen LogP contribution is 1.95. The van der Waals surface area contributed by atoms with Gasteiger partial charge in [-0.05, 0) is 18.6 Å². The molecular weight excluding hydrogens is 218 g/mol. The van der Waals surface area contributed by atoms with Crippen molar-refractivity contribution in [2.75, 3.05) is 0 Å². The van der Waals surface area contributed by atoms with Crippen molar-refractivity contribution < 1.29 is 4.79 Å². The summed E-state index contributed by atoms with van der Waals surface area (Å²) in [6.45, 7) is 2.51. The van der Waals surface area contributed by atoms with E-state index in [9.17, 15) is 4.79 Å². The number of aromatic nitrogens is 4. The molecule has 0 saturated heterocycles. The van der Waals surface area contributed by atoms with Gasteiger partial charge < -0.3 is 5.32 Å². The highest BCUT2D eigenvalue weighted by molar-refractivity contribution is 5.75. The molecule has 0 fully saturated rings. The number of hydrogen-bond donors (Lipinski definition) is 1. The van der Waals surface area contributed by atoms with E-state index in [4.69, 9.17) is 0 Å². The van der Waals surface area contributed by atoms with Crippen molar-refractivity contribution in [3.63, 3.8) is 0 Å². The lowest BCUT2D eigenvalue weighted by Gasteiger charge is -2.05. The van der Waals surface area contributed by atoms with Crippen LogP contribution in [0.5, 0.6) is 0 Å². The van der Waals surface area contributed by atoms with Crippen LogP contribution in [0.1, 0.15) is 11.3 Å². The maximum atomic E-state index is 11.6. The number of carbonyl (C=O) groups is 1. The number of carbonyl (C=O) groups excluding carboxylic acids is 1. The van der Waals surface area contributed by atoms with Crippen LogP contribution < -0.4 is 5.32 Å². The molecule has 1 amide bonds. The van der Waals surface area contributed by atoms with Gasteiger partial charge in [0.05, 0.1) is 11.9 Å². The molecule has 6 heteroatoms. The third-order valence-corrected chi connectivity index (χ3v) is 2.32. The van der Waals surface area contributed by atoms with Gasteiger partial charge in [0.25, 0.3) is 0 Å². The van der Waals surface area contributed by atoms with Crippen molar-refractivity contribution in [2.24, 2.45) is 0 Å². The van der Waals surface area contributed by atoms with E-state index < -0.39 is 0 Å². The van der Waals surface area contributed by atoms with Gasteiger partial charge in [-0.25, -0.2) is 4.68 Å². The smallest absolute Gasteiger partial charge is 0.242 e. The summed E-state index contributed by atoms with van der Waals surface area (Å²) < 4.78 is 1.55. The van der Waals surface area contributed by atoms with E-state index >= 15 is 0 Å². The van der Waals surface area contributed by atoms with Crippen LogP contribution in [-0.4, -0.2) is 25.9 Å². The normalized spacial score (nSPS) is 10.2. The summed E-state index contributed by atoms with van der Waals surface area (Å²) in [7, 11) is 0.